The SMILES string of the molecule is [Au+3].[Hf+4].[Se-2].[Se-2]. The first-order chi connectivity index (χ1) is 0. The minimum absolute atomic E-state index is 0. The van der Waals surface area contributed by atoms with Gasteiger partial charge in [-0.1, -0.05) is 0 Å². The zero-order valence-corrected chi connectivity index (χ0v) is 10.8. The van der Waals surface area contributed by atoms with Gasteiger partial charge in [-0.25, -0.2) is 0 Å². The van der Waals surface area contributed by atoms with Gasteiger partial charge in [-0.3, -0.25) is 0 Å². The largest absolute Gasteiger partial charge is 4.00 e. The second-order valence-electron chi connectivity index (χ2n) is 0. The third-order valence-electron chi connectivity index (χ3n) is 0. The first-order valence-electron chi connectivity index (χ1n) is 0. The second-order valence-corrected chi connectivity index (χ2v) is 0. The van der Waals surface area contributed by atoms with Gasteiger partial charge in [0.25, 0.3) is 0 Å². The van der Waals surface area contributed by atoms with Crippen molar-refractivity contribution in [3.05, 3.63) is 0 Å². The van der Waals surface area contributed by atoms with E-state index < -0.39 is 0 Å². The maximum absolute atomic E-state index is 0. The Labute approximate surface area is 81.1 Å². The normalized spacial score (nSPS) is 0. The van der Waals surface area contributed by atoms with E-state index in [1.54, 1.807) is 0 Å². The Morgan fingerprint density at radius 1 is 0.750 bits per heavy atom. The van der Waals surface area contributed by atoms with E-state index in [2.05, 4.69) is 0 Å². The summed E-state index contributed by atoms with van der Waals surface area (Å²) < 4.78 is 0. The molecule has 0 radical (unpaired) electrons. The van der Waals surface area contributed by atoms with Crippen molar-refractivity contribution in [3.8, 4) is 0 Å². The Balaban J connectivity index is 0. The van der Waals surface area contributed by atoms with Crippen molar-refractivity contribution in [1.29, 1.82) is 0 Å². The predicted molar refractivity (Wildman–Crippen MR) is 11.5 cm³/mol. The quantitative estimate of drug-likeness (QED) is 0.360. The molecule has 0 bridgehead atoms. The molecule has 0 N–H and O–H groups in total. The van der Waals surface area contributed by atoms with E-state index >= 15 is 0 Å². The molecule has 0 aliphatic rings. The van der Waals surface area contributed by atoms with Crippen LogP contribution in [0, 0.1) is 0 Å². The van der Waals surface area contributed by atoms with Gasteiger partial charge < -0.3 is 34.1 Å². The molecular weight excluding hydrogens is 533 g/mol. The van der Waals surface area contributed by atoms with Crippen LogP contribution < -0.4 is 0 Å². The third kappa shape index (κ3) is 8.82. The van der Waals surface area contributed by atoms with Gasteiger partial charge in [0.15, 0.2) is 0 Å². The molecule has 4 heavy (non-hydrogen) atoms. The molecule has 0 aliphatic heterocycles. The smallest absolute Gasteiger partial charge is 2.00 e. The van der Waals surface area contributed by atoms with E-state index in [0.717, 1.165) is 0 Å². The molecule has 0 saturated carbocycles. The van der Waals surface area contributed by atoms with Gasteiger partial charge in [0.2, 0.25) is 0 Å². The minimum atomic E-state index is 0. The van der Waals surface area contributed by atoms with Crippen LogP contribution in [0.3, 0.4) is 0 Å². The second kappa shape index (κ2) is 17.4. The van der Waals surface area contributed by atoms with Crippen molar-refractivity contribution in [2.24, 2.45) is 0 Å². The van der Waals surface area contributed by atoms with Gasteiger partial charge in [0.05, 0.1) is 0 Å². The minimum Gasteiger partial charge on any atom is -2.00 e. The average Bonchev–Trinajstić information content (AvgIpc) is 0. The van der Waals surface area contributed by atoms with Gasteiger partial charge in [0, 0.05) is 0 Å². The van der Waals surface area contributed by atoms with Gasteiger partial charge in [-0.05, 0) is 0 Å². The molecular formula is AuHfSe2+3. The molecule has 0 saturated heterocycles. The number of hydrogen-bond acceptors (Lipinski definition) is 0. The summed E-state index contributed by atoms with van der Waals surface area (Å²) in [7, 11) is 0. The molecule has 0 heterocycles. The maximum atomic E-state index is 0. The summed E-state index contributed by atoms with van der Waals surface area (Å²) in [5.41, 5.74) is 0. The van der Waals surface area contributed by atoms with E-state index in [4.69, 9.17) is 0 Å². The Morgan fingerprint density at radius 3 is 0.750 bits per heavy atom. The molecule has 0 aromatic rings. The molecule has 24 valence electrons. The molecule has 0 aromatic heterocycles. The van der Waals surface area contributed by atoms with Crippen LogP contribution in [0.4, 0.5) is 0 Å². The monoisotopic (exact) mass is 537 g/mol. The van der Waals surface area contributed by atoms with Gasteiger partial charge in [0.1, 0.15) is 0 Å². The summed E-state index contributed by atoms with van der Waals surface area (Å²) in [6.07, 6.45) is 0. The van der Waals surface area contributed by atoms with Crippen LogP contribution in [0.2, 0.25) is 0 Å². The standard InChI is InChI=1S/Au.Hf.2Se/q+3;+4;2*-2. The van der Waals surface area contributed by atoms with Crippen LogP contribution in [-0.2, 0) is 48.2 Å². The van der Waals surface area contributed by atoms with Crippen molar-refractivity contribution in [2.45, 2.75) is 0 Å². The van der Waals surface area contributed by atoms with Crippen LogP contribution in [0.15, 0.2) is 0 Å². The molecule has 0 aliphatic carbocycles. The van der Waals surface area contributed by atoms with Gasteiger partial charge in [-0.2, -0.15) is 0 Å². The topological polar surface area (TPSA) is 0 Å². The Morgan fingerprint density at radius 2 is 0.750 bits per heavy atom. The number of hydrogen-bond donors (Lipinski definition) is 0. The van der Waals surface area contributed by atoms with Crippen LogP contribution in [0.25, 0.3) is 0 Å². The van der Waals surface area contributed by atoms with Crippen LogP contribution >= 0.6 is 0 Å². The van der Waals surface area contributed by atoms with E-state index in [-0.39, 0.29) is 82.4 Å². The summed E-state index contributed by atoms with van der Waals surface area (Å²) in [6, 6.07) is 0. The van der Waals surface area contributed by atoms with E-state index in [1.807, 2.05) is 0 Å². The Hall–Kier alpha value is 2.65. The zero-order chi connectivity index (χ0) is 0. The van der Waals surface area contributed by atoms with E-state index in [9.17, 15) is 0 Å². The Kier molecular flexibility index (Phi) is 132. The fourth-order valence-electron chi connectivity index (χ4n) is 0. The summed E-state index contributed by atoms with van der Waals surface area (Å²) in [4.78, 5) is 0. The fraction of sp³-hybridized carbons (Fsp3) is 0. The van der Waals surface area contributed by atoms with Crippen molar-refractivity contribution < 1.29 is 48.2 Å². The predicted octanol–water partition coefficient (Wildman–Crippen LogP) is -0.767. The van der Waals surface area contributed by atoms with Crippen molar-refractivity contribution in [3.63, 3.8) is 0 Å². The first-order valence-corrected chi connectivity index (χ1v) is 0. The molecule has 0 fully saturated rings. The molecule has 4 heteroatoms. The van der Waals surface area contributed by atoms with E-state index in [0.29, 0.717) is 0 Å². The molecule has 0 atom stereocenters. The van der Waals surface area contributed by atoms with Crippen LogP contribution in [-0.4, -0.2) is 34.1 Å². The number of rotatable bonds is 0. The van der Waals surface area contributed by atoms with Crippen molar-refractivity contribution in [2.75, 3.05) is 0 Å². The molecule has 0 aromatic carbocycles. The molecule has 0 unspecified atom stereocenters. The summed E-state index contributed by atoms with van der Waals surface area (Å²) in [5.74, 6) is 0. The maximum Gasteiger partial charge on any atom is 4.00 e. The van der Waals surface area contributed by atoms with Crippen molar-refractivity contribution >= 4 is 34.1 Å². The molecule has 0 nitrogen and oxygen atoms in total. The van der Waals surface area contributed by atoms with Crippen LogP contribution in [0.5, 0.6) is 0 Å². The molecule has 0 rings (SSSR count). The zero-order valence-electron chi connectivity index (χ0n) is 1.62. The summed E-state index contributed by atoms with van der Waals surface area (Å²) in [5, 5.41) is 0. The average molecular weight is 533 g/mol. The van der Waals surface area contributed by atoms with E-state index in [1.165, 1.54) is 0 Å². The first kappa shape index (κ1) is 30.2. The Bertz CT molecular complexity index is 6.00. The summed E-state index contributed by atoms with van der Waals surface area (Å²) in [6.45, 7) is 0. The molecule has 0 amide bonds. The van der Waals surface area contributed by atoms with Crippen LogP contribution in [0.1, 0.15) is 0 Å². The summed E-state index contributed by atoms with van der Waals surface area (Å²) >= 11 is 0. The third-order valence-corrected chi connectivity index (χ3v) is 0. The molecule has 0 spiro atoms. The van der Waals surface area contributed by atoms with Gasteiger partial charge >= 0.3 is 48.2 Å². The van der Waals surface area contributed by atoms with Gasteiger partial charge in [-0.15, -0.1) is 0 Å². The van der Waals surface area contributed by atoms with Crippen molar-refractivity contribution in [1.82, 2.24) is 0 Å². The fourth-order valence-corrected chi connectivity index (χ4v) is 0.